The number of aliphatic hydroxyl groups is 1. The van der Waals surface area contributed by atoms with Gasteiger partial charge in [0, 0.05) is 13.6 Å². The number of carbonyl (C=O) groups is 1. The van der Waals surface area contributed by atoms with Crippen LogP contribution in [0, 0.1) is 5.92 Å². The van der Waals surface area contributed by atoms with Gasteiger partial charge in [-0.3, -0.25) is 9.48 Å². The monoisotopic (exact) mass is 267 g/mol. The van der Waals surface area contributed by atoms with E-state index in [2.05, 4.69) is 10.4 Å². The number of nitrogens with one attached hydrogen (secondary N) is 1. The molecule has 5 nitrogen and oxygen atoms in total. The van der Waals surface area contributed by atoms with Crippen molar-refractivity contribution in [2.45, 2.75) is 46.1 Å². The van der Waals surface area contributed by atoms with Crippen molar-refractivity contribution in [1.82, 2.24) is 15.1 Å². The summed E-state index contributed by atoms with van der Waals surface area (Å²) in [5.41, 5.74) is 1.43. The maximum Gasteiger partial charge on any atom is 0.269 e. The molecule has 0 aliphatic heterocycles. The van der Waals surface area contributed by atoms with Crippen molar-refractivity contribution in [3.8, 4) is 0 Å². The highest BCUT2D eigenvalue weighted by molar-refractivity contribution is 5.92. The number of nitrogens with zero attached hydrogens (tertiary/aromatic N) is 2. The van der Waals surface area contributed by atoms with E-state index in [4.69, 9.17) is 0 Å². The van der Waals surface area contributed by atoms with E-state index in [0.29, 0.717) is 11.6 Å². The number of hydrogen-bond acceptors (Lipinski definition) is 3. The van der Waals surface area contributed by atoms with Crippen molar-refractivity contribution in [3.05, 3.63) is 17.5 Å². The van der Waals surface area contributed by atoms with Crippen LogP contribution in [0.5, 0.6) is 0 Å². The number of aliphatic hydroxyl groups excluding tert-OH is 1. The molecule has 0 bridgehead atoms. The van der Waals surface area contributed by atoms with Crippen LogP contribution in [-0.4, -0.2) is 33.4 Å². The van der Waals surface area contributed by atoms with Gasteiger partial charge in [0.2, 0.25) is 0 Å². The van der Waals surface area contributed by atoms with Gasteiger partial charge in [-0.1, -0.05) is 34.1 Å². The van der Waals surface area contributed by atoms with Crippen molar-refractivity contribution in [3.63, 3.8) is 0 Å². The SMILES string of the molecule is CC[C@@H](C)[C@@H](O)CNC(=O)c1cc(C(C)C)nn1C. The molecule has 0 saturated heterocycles. The number of hydrogen-bond donors (Lipinski definition) is 2. The summed E-state index contributed by atoms with van der Waals surface area (Å²) in [6.45, 7) is 8.34. The average molecular weight is 267 g/mol. The Bertz CT molecular complexity index is 426. The Hall–Kier alpha value is -1.36. The average Bonchev–Trinajstić information content (AvgIpc) is 2.76. The second-order valence-electron chi connectivity index (χ2n) is 5.40. The van der Waals surface area contributed by atoms with Gasteiger partial charge in [-0.25, -0.2) is 0 Å². The summed E-state index contributed by atoms with van der Waals surface area (Å²) < 4.78 is 1.58. The molecule has 108 valence electrons. The molecule has 0 spiro atoms. The largest absolute Gasteiger partial charge is 0.391 e. The molecule has 0 aromatic carbocycles. The predicted molar refractivity (Wildman–Crippen MR) is 75.1 cm³/mol. The Morgan fingerprint density at radius 1 is 1.47 bits per heavy atom. The van der Waals surface area contributed by atoms with Gasteiger partial charge in [-0.2, -0.15) is 5.10 Å². The second-order valence-corrected chi connectivity index (χ2v) is 5.40. The minimum Gasteiger partial charge on any atom is -0.391 e. The van der Waals surface area contributed by atoms with Gasteiger partial charge in [-0.05, 0) is 17.9 Å². The van der Waals surface area contributed by atoms with Gasteiger partial charge in [0.05, 0.1) is 11.8 Å². The number of aryl methyl sites for hydroxylation is 1. The van der Waals surface area contributed by atoms with E-state index >= 15 is 0 Å². The van der Waals surface area contributed by atoms with Gasteiger partial charge in [0.25, 0.3) is 5.91 Å². The zero-order valence-corrected chi connectivity index (χ0v) is 12.5. The van der Waals surface area contributed by atoms with Crippen molar-refractivity contribution in [2.75, 3.05) is 6.54 Å². The summed E-state index contributed by atoms with van der Waals surface area (Å²) >= 11 is 0. The van der Waals surface area contributed by atoms with E-state index in [1.54, 1.807) is 17.8 Å². The van der Waals surface area contributed by atoms with Gasteiger partial charge in [0.1, 0.15) is 5.69 Å². The molecule has 0 fully saturated rings. The fraction of sp³-hybridized carbons (Fsp3) is 0.714. The van der Waals surface area contributed by atoms with E-state index in [9.17, 15) is 9.90 Å². The molecule has 5 heteroatoms. The molecule has 1 heterocycles. The maximum absolute atomic E-state index is 12.0. The summed E-state index contributed by atoms with van der Waals surface area (Å²) in [7, 11) is 1.76. The van der Waals surface area contributed by atoms with Crippen LogP contribution in [0.3, 0.4) is 0 Å². The third-order valence-corrected chi connectivity index (χ3v) is 3.50. The Morgan fingerprint density at radius 2 is 2.11 bits per heavy atom. The van der Waals surface area contributed by atoms with Crippen molar-refractivity contribution < 1.29 is 9.90 Å². The number of rotatable bonds is 6. The minimum atomic E-state index is -0.508. The molecule has 2 N–H and O–H groups in total. The maximum atomic E-state index is 12.0. The Labute approximate surface area is 115 Å². The molecular formula is C14H25N3O2. The molecule has 0 radical (unpaired) electrons. The molecule has 1 rings (SSSR count). The summed E-state index contributed by atoms with van der Waals surface area (Å²) in [4.78, 5) is 12.0. The van der Waals surface area contributed by atoms with E-state index in [0.717, 1.165) is 12.1 Å². The van der Waals surface area contributed by atoms with Crippen LogP contribution in [-0.2, 0) is 7.05 Å². The van der Waals surface area contributed by atoms with E-state index in [1.165, 1.54) is 0 Å². The minimum absolute atomic E-state index is 0.179. The lowest BCUT2D eigenvalue weighted by Crippen LogP contribution is -2.36. The third-order valence-electron chi connectivity index (χ3n) is 3.50. The summed E-state index contributed by atoms with van der Waals surface area (Å²) in [6.07, 6.45) is 0.381. The smallest absolute Gasteiger partial charge is 0.269 e. The molecule has 0 saturated carbocycles. The van der Waals surface area contributed by atoms with E-state index in [-0.39, 0.29) is 18.4 Å². The molecular weight excluding hydrogens is 242 g/mol. The van der Waals surface area contributed by atoms with Crippen LogP contribution in [0.15, 0.2) is 6.07 Å². The second kappa shape index (κ2) is 6.70. The summed E-state index contributed by atoms with van der Waals surface area (Å²) in [5, 5.41) is 16.9. The van der Waals surface area contributed by atoms with Crippen LogP contribution in [0.1, 0.15) is 56.2 Å². The molecule has 1 amide bonds. The first kappa shape index (κ1) is 15.7. The van der Waals surface area contributed by atoms with Crippen LogP contribution < -0.4 is 5.32 Å². The summed E-state index contributed by atoms with van der Waals surface area (Å²) in [6, 6.07) is 1.80. The van der Waals surface area contributed by atoms with E-state index in [1.807, 2.05) is 27.7 Å². The van der Waals surface area contributed by atoms with Crippen molar-refractivity contribution in [1.29, 1.82) is 0 Å². The standard InChI is InChI=1S/C14H25N3O2/c1-6-10(4)13(18)8-15-14(19)12-7-11(9(2)3)16-17(12)5/h7,9-10,13,18H,6,8H2,1-5H3,(H,15,19)/t10-,13+/m1/s1. The first-order valence-electron chi connectivity index (χ1n) is 6.87. The summed E-state index contributed by atoms with van der Waals surface area (Å²) in [5.74, 6) is 0.278. The Balaban J connectivity index is 2.63. The highest BCUT2D eigenvalue weighted by atomic mass is 16.3. The fourth-order valence-electron chi connectivity index (χ4n) is 1.75. The molecule has 2 atom stereocenters. The third kappa shape index (κ3) is 4.06. The van der Waals surface area contributed by atoms with Crippen LogP contribution >= 0.6 is 0 Å². The first-order chi connectivity index (χ1) is 8.86. The van der Waals surface area contributed by atoms with Crippen molar-refractivity contribution >= 4 is 5.91 Å². The molecule has 0 aliphatic carbocycles. The molecule has 1 aromatic heterocycles. The number of carbonyl (C=O) groups excluding carboxylic acids is 1. The highest BCUT2D eigenvalue weighted by Gasteiger charge is 2.17. The van der Waals surface area contributed by atoms with Gasteiger partial charge >= 0.3 is 0 Å². The molecule has 0 aliphatic rings. The highest BCUT2D eigenvalue weighted by Crippen LogP contribution is 2.13. The van der Waals surface area contributed by atoms with E-state index < -0.39 is 6.10 Å². The van der Waals surface area contributed by atoms with Crippen molar-refractivity contribution in [2.24, 2.45) is 13.0 Å². The Morgan fingerprint density at radius 3 is 2.58 bits per heavy atom. The molecule has 1 aromatic rings. The lowest BCUT2D eigenvalue weighted by molar-refractivity contribution is 0.0842. The normalized spacial score (nSPS) is 14.5. The molecule has 19 heavy (non-hydrogen) atoms. The quantitative estimate of drug-likeness (QED) is 0.824. The molecule has 0 unspecified atom stereocenters. The lowest BCUT2D eigenvalue weighted by atomic mass is 10.0. The predicted octanol–water partition coefficient (Wildman–Crippen LogP) is 1.68. The zero-order chi connectivity index (χ0) is 14.6. The van der Waals surface area contributed by atoms with Crippen LogP contribution in [0.2, 0.25) is 0 Å². The first-order valence-corrected chi connectivity index (χ1v) is 6.87. The van der Waals surface area contributed by atoms with Gasteiger partial charge in [0.15, 0.2) is 0 Å². The van der Waals surface area contributed by atoms with Crippen LogP contribution in [0.25, 0.3) is 0 Å². The lowest BCUT2D eigenvalue weighted by Gasteiger charge is -2.17. The fourth-order valence-corrected chi connectivity index (χ4v) is 1.75. The van der Waals surface area contributed by atoms with Gasteiger partial charge in [-0.15, -0.1) is 0 Å². The van der Waals surface area contributed by atoms with Crippen LogP contribution in [0.4, 0.5) is 0 Å². The topological polar surface area (TPSA) is 67.2 Å². The number of aromatic nitrogens is 2. The van der Waals surface area contributed by atoms with Gasteiger partial charge < -0.3 is 10.4 Å². The number of amides is 1. The zero-order valence-electron chi connectivity index (χ0n) is 12.5. The Kier molecular flexibility index (Phi) is 5.54.